The molecule has 0 fully saturated rings. The first-order chi connectivity index (χ1) is 22.8. The maximum absolute atomic E-state index is 14.1. The van der Waals surface area contributed by atoms with Crippen LogP contribution in [0.1, 0.15) is 48.0 Å². The number of nitrogens with zero attached hydrogens (tertiary/aromatic N) is 2. The van der Waals surface area contributed by atoms with Crippen LogP contribution in [0.25, 0.3) is 61.5 Å². The molecule has 0 radical (unpaired) electrons. The molecular weight excluding hydrogens is 584 g/mol. The minimum absolute atomic E-state index is 0.0969. The number of pyridine rings is 1. The van der Waals surface area contributed by atoms with E-state index in [1.54, 1.807) is 6.07 Å². The summed E-state index contributed by atoms with van der Waals surface area (Å²) >= 11 is 0. The van der Waals surface area contributed by atoms with Gasteiger partial charge in [-0.3, -0.25) is 9.59 Å². The molecule has 0 aliphatic carbocycles. The van der Waals surface area contributed by atoms with E-state index >= 15 is 0 Å². The third-order valence-corrected chi connectivity index (χ3v) is 8.70. The molecule has 6 heteroatoms. The molecular formula is C41H38N2O4. The molecule has 0 atom stereocenters. The summed E-state index contributed by atoms with van der Waals surface area (Å²) in [7, 11) is 3.84. The van der Waals surface area contributed by atoms with Crippen LogP contribution in [0.5, 0.6) is 0 Å². The lowest BCUT2D eigenvalue weighted by Crippen LogP contribution is -2.16. The zero-order valence-electron chi connectivity index (χ0n) is 27.8. The first-order valence-electron chi connectivity index (χ1n) is 15.9. The molecule has 0 N–H and O–H groups in total. The van der Waals surface area contributed by atoms with Gasteiger partial charge >= 0.3 is 0 Å². The first kappa shape index (κ1) is 31.4. The van der Waals surface area contributed by atoms with Gasteiger partial charge in [0.1, 0.15) is 22.9 Å². The monoisotopic (exact) mass is 622 g/mol. The molecule has 47 heavy (non-hydrogen) atoms. The maximum atomic E-state index is 14.1. The summed E-state index contributed by atoms with van der Waals surface area (Å²) in [4.78, 5) is 28.5. The zero-order valence-corrected chi connectivity index (χ0v) is 27.8. The molecule has 0 saturated heterocycles. The SMILES string of the molecule is C/C=C\c1cc(-c2ccc(N(C)c3cc4c(=O)c5cc(-c6cc7ccccc7o6)ccc5n(C)c4cc3C=O)c(C)c2)oc1C.CC. The van der Waals surface area contributed by atoms with Gasteiger partial charge in [-0.1, -0.05) is 44.2 Å². The highest BCUT2D eigenvalue weighted by Gasteiger charge is 2.19. The Morgan fingerprint density at radius 3 is 2.17 bits per heavy atom. The Labute approximate surface area is 274 Å². The lowest BCUT2D eigenvalue weighted by Gasteiger charge is -2.24. The zero-order chi connectivity index (χ0) is 33.4. The lowest BCUT2D eigenvalue weighted by molar-refractivity contribution is 0.112. The molecule has 0 unspecified atom stereocenters. The molecule has 6 nitrogen and oxygen atoms in total. The van der Waals surface area contributed by atoms with Gasteiger partial charge in [0.15, 0.2) is 11.7 Å². The molecule has 3 aromatic heterocycles. The van der Waals surface area contributed by atoms with Crippen LogP contribution >= 0.6 is 0 Å². The molecule has 0 amide bonds. The number of hydrogen-bond donors (Lipinski definition) is 0. The number of aromatic nitrogens is 1. The highest BCUT2D eigenvalue weighted by atomic mass is 16.3. The van der Waals surface area contributed by atoms with E-state index < -0.39 is 0 Å². The van der Waals surface area contributed by atoms with Crippen molar-refractivity contribution in [3.8, 4) is 22.6 Å². The number of carbonyl (C=O) groups is 1. The fourth-order valence-corrected chi connectivity index (χ4v) is 6.30. The molecule has 4 aromatic carbocycles. The normalized spacial score (nSPS) is 11.4. The van der Waals surface area contributed by atoms with Crippen LogP contribution in [0.2, 0.25) is 0 Å². The van der Waals surface area contributed by atoms with Crippen molar-refractivity contribution in [2.45, 2.75) is 34.6 Å². The number of aryl methyl sites for hydroxylation is 3. The molecule has 236 valence electrons. The van der Waals surface area contributed by atoms with Crippen molar-refractivity contribution >= 4 is 56.5 Å². The number of carbonyl (C=O) groups excluding carboxylic acids is 1. The molecule has 7 aromatic rings. The second kappa shape index (κ2) is 12.6. The summed E-state index contributed by atoms with van der Waals surface area (Å²) in [6.45, 7) is 9.98. The molecule has 0 aliphatic rings. The van der Waals surface area contributed by atoms with Gasteiger partial charge in [-0.25, -0.2) is 0 Å². The summed E-state index contributed by atoms with van der Waals surface area (Å²) in [5.41, 5.74) is 8.12. The van der Waals surface area contributed by atoms with Gasteiger partial charge in [0.25, 0.3) is 0 Å². The first-order valence-corrected chi connectivity index (χ1v) is 15.9. The number of furan rings is 2. The van der Waals surface area contributed by atoms with Crippen LogP contribution in [0, 0.1) is 13.8 Å². The van der Waals surface area contributed by atoms with E-state index in [2.05, 4.69) is 6.07 Å². The number of rotatable bonds is 6. The van der Waals surface area contributed by atoms with Gasteiger partial charge in [-0.05, 0) is 93.1 Å². The van der Waals surface area contributed by atoms with E-state index in [0.29, 0.717) is 33.3 Å². The molecule has 7 rings (SSSR count). The number of aldehydes is 1. The van der Waals surface area contributed by atoms with E-state index in [-0.39, 0.29) is 5.43 Å². The summed E-state index contributed by atoms with van der Waals surface area (Å²) in [6.07, 6.45) is 4.88. The highest BCUT2D eigenvalue weighted by Crippen LogP contribution is 2.36. The number of benzene rings is 4. The van der Waals surface area contributed by atoms with Crippen molar-refractivity contribution in [3.63, 3.8) is 0 Å². The Hall–Kier alpha value is -5.62. The predicted octanol–water partition coefficient (Wildman–Crippen LogP) is 10.6. The fourth-order valence-electron chi connectivity index (χ4n) is 6.30. The lowest BCUT2D eigenvalue weighted by atomic mass is 10.0. The third-order valence-electron chi connectivity index (χ3n) is 8.70. The number of fused-ring (bicyclic) bond motifs is 3. The van der Waals surface area contributed by atoms with Crippen molar-refractivity contribution in [2.24, 2.45) is 7.05 Å². The van der Waals surface area contributed by atoms with Crippen molar-refractivity contribution in [2.75, 3.05) is 11.9 Å². The summed E-state index contributed by atoms with van der Waals surface area (Å²) in [6, 6.07) is 27.5. The van der Waals surface area contributed by atoms with E-state index in [1.165, 1.54) is 0 Å². The van der Waals surface area contributed by atoms with Crippen LogP contribution in [0.3, 0.4) is 0 Å². The minimum atomic E-state index is -0.0969. The van der Waals surface area contributed by atoms with E-state index in [9.17, 15) is 9.59 Å². The van der Waals surface area contributed by atoms with Crippen molar-refractivity contribution in [1.29, 1.82) is 0 Å². The summed E-state index contributed by atoms with van der Waals surface area (Å²) in [5, 5.41) is 2.13. The average Bonchev–Trinajstić information content (AvgIpc) is 3.70. The Morgan fingerprint density at radius 2 is 1.45 bits per heavy atom. The number of hydrogen-bond acceptors (Lipinski definition) is 5. The van der Waals surface area contributed by atoms with Gasteiger partial charge in [0.05, 0.1) is 16.7 Å². The van der Waals surface area contributed by atoms with Gasteiger partial charge < -0.3 is 18.3 Å². The second-order valence-corrected chi connectivity index (χ2v) is 11.5. The standard InChI is InChI=1S/C39H32N2O4.C2H6/c1-6-9-25-19-37(44-24(25)3)27-12-14-32(23(2)16-27)40(4)34-21-31-35(18-29(34)22-42)41(5)33-15-13-28(17-30(33)39(31)43)38-20-26-10-7-8-11-36(26)45-38;1-2/h6-22H,1-5H3;1-2H3/b9-6-;. The van der Waals surface area contributed by atoms with E-state index in [1.807, 2.05) is 143 Å². The van der Waals surface area contributed by atoms with Crippen LogP contribution in [0.4, 0.5) is 11.4 Å². The van der Waals surface area contributed by atoms with Crippen LogP contribution < -0.4 is 10.3 Å². The van der Waals surface area contributed by atoms with Crippen molar-refractivity contribution < 1.29 is 13.6 Å². The van der Waals surface area contributed by atoms with E-state index in [4.69, 9.17) is 8.83 Å². The molecule has 3 heterocycles. The van der Waals surface area contributed by atoms with Gasteiger partial charge in [-0.15, -0.1) is 0 Å². The minimum Gasteiger partial charge on any atom is -0.461 e. The quantitative estimate of drug-likeness (QED) is 0.136. The average molecular weight is 623 g/mol. The van der Waals surface area contributed by atoms with Gasteiger partial charge in [0.2, 0.25) is 0 Å². The Morgan fingerprint density at radius 1 is 0.745 bits per heavy atom. The summed E-state index contributed by atoms with van der Waals surface area (Å²) < 4.78 is 14.1. The van der Waals surface area contributed by atoms with Crippen LogP contribution in [-0.2, 0) is 7.05 Å². The second-order valence-electron chi connectivity index (χ2n) is 11.5. The van der Waals surface area contributed by atoms with Crippen LogP contribution in [0.15, 0.2) is 105 Å². The van der Waals surface area contributed by atoms with Crippen molar-refractivity contribution in [3.05, 3.63) is 124 Å². The van der Waals surface area contributed by atoms with Gasteiger partial charge in [-0.2, -0.15) is 0 Å². The van der Waals surface area contributed by atoms with Crippen LogP contribution in [-0.4, -0.2) is 17.9 Å². The largest absolute Gasteiger partial charge is 0.461 e. The maximum Gasteiger partial charge on any atom is 0.197 e. The Bertz CT molecular complexity index is 2350. The molecule has 0 spiro atoms. The summed E-state index contributed by atoms with van der Waals surface area (Å²) in [5.74, 6) is 2.38. The Kier molecular flexibility index (Phi) is 8.44. The highest BCUT2D eigenvalue weighted by molar-refractivity contribution is 6.01. The molecule has 0 bridgehead atoms. The number of para-hydroxylation sites is 1. The van der Waals surface area contributed by atoms with E-state index in [0.717, 1.165) is 62.2 Å². The topological polar surface area (TPSA) is 68.6 Å². The third kappa shape index (κ3) is 5.46. The van der Waals surface area contributed by atoms with Crippen molar-refractivity contribution in [1.82, 2.24) is 4.57 Å². The smallest absolute Gasteiger partial charge is 0.197 e. The van der Waals surface area contributed by atoms with Gasteiger partial charge in [0, 0.05) is 58.2 Å². The number of allylic oxidation sites excluding steroid dienone is 1. The fraction of sp³-hybridized carbons (Fsp3) is 0.171. The number of anilines is 2. The Balaban J connectivity index is 0.00000190. The molecule has 0 saturated carbocycles. The molecule has 0 aliphatic heterocycles. The predicted molar refractivity (Wildman–Crippen MR) is 195 cm³/mol.